The molecule has 0 unspecified atom stereocenters. The Labute approximate surface area is 193 Å². The Bertz CT molecular complexity index is 1460. The van der Waals surface area contributed by atoms with Gasteiger partial charge in [0, 0.05) is 26.8 Å². The second-order valence-corrected chi connectivity index (χ2v) is 9.58. The molecule has 0 aliphatic rings. The van der Waals surface area contributed by atoms with Gasteiger partial charge in [-0.1, -0.05) is 42.5 Å². The van der Waals surface area contributed by atoms with E-state index in [4.69, 9.17) is 0 Å². The molecule has 5 rings (SSSR count). The highest BCUT2D eigenvalue weighted by molar-refractivity contribution is 7.21. The van der Waals surface area contributed by atoms with Crippen LogP contribution in [0.3, 0.4) is 0 Å². The van der Waals surface area contributed by atoms with Crippen molar-refractivity contribution in [2.45, 2.75) is 13.8 Å². The van der Waals surface area contributed by atoms with Crippen LogP contribution < -0.4 is 0 Å². The number of nitrogens with zero attached hydrogens (tertiary/aromatic N) is 1. The number of aromatic hydroxyl groups is 2. The maximum absolute atomic E-state index is 13.7. The molecule has 2 N–H and O–H groups in total. The van der Waals surface area contributed by atoms with Gasteiger partial charge in [-0.15, -0.1) is 22.7 Å². The number of aromatic nitrogens is 1. The summed E-state index contributed by atoms with van der Waals surface area (Å²) in [6.07, 6.45) is 0. The fourth-order valence-electron chi connectivity index (χ4n) is 4.00. The molecule has 3 aromatic carbocycles. The fraction of sp³-hybridized carbons (Fsp3) is 0.0769. The van der Waals surface area contributed by atoms with E-state index >= 15 is 0 Å². The summed E-state index contributed by atoms with van der Waals surface area (Å²) >= 11 is 2.78. The quantitative estimate of drug-likeness (QED) is 0.287. The summed E-state index contributed by atoms with van der Waals surface area (Å²) in [7, 11) is 0. The molecule has 0 saturated carbocycles. The number of aryl methyl sites for hydroxylation is 2. The van der Waals surface area contributed by atoms with Crippen LogP contribution in [0.4, 0.5) is 0 Å². The van der Waals surface area contributed by atoms with E-state index in [1.165, 1.54) is 22.7 Å². The maximum Gasteiger partial charge on any atom is 0.222 e. The van der Waals surface area contributed by atoms with Crippen molar-refractivity contribution >= 4 is 38.5 Å². The van der Waals surface area contributed by atoms with E-state index in [-0.39, 0.29) is 17.4 Å². The molecule has 0 radical (unpaired) electrons. The van der Waals surface area contributed by atoms with Crippen LogP contribution >= 0.6 is 22.7 Å². The van der Waals surface area contributed by atoms with E-state index < -0.39 is 0 Å². The smallest absolute Gasteiger partial charge is 0.222 e. The number of carbonyl (C=O) groups excluding carboxylic acids is 1. The van der Waals surface area contributed by atoms with Crippen LogP contribution in [0.1, 0.15) is 26.4 Å². The van der Waals surface area contributed by atoms with Gasteiger partial charge in [-0.3, -0.25) is 4.79 Å². The average Bonchev–Trinajstić information content (AvgIpc) is 3.37. The molecule has 0 aliphatic heterocycles. The van der Waals surface area contributed by atoms with Crippen molar-refractivity contribution in [3.8, 4) is 33.3 Å². The molecule has 0 amide bonds. The first-order valence-corrected chi connectivity index (χ1v) is 11.7. The Morgan fingerprint density at radius 3 is 2.25 bits per heavy atom. The molecule has 6 heteroatoms. The van der Waals surface area contributed by atoms with Gasteiger partial charge in [0.2, 0.25) is 11.7 Å². The monoisotopic (exact) mass is 457 g/mol. The summed E-state index contributed by atoms with van der Waals surface area (Å²) in [6, 6.07) is 18.9. The highest BCUT2D eigenvalue weighted by Gasteiger charge is 2.23. The number of carbonyl (C=O) groups is 1. The van der Waals surface area contributed by atoms with Crippen LogP contribution in [0.5, 0.6) is 11.6 Å². The molecule has 4 nitrogen and oxygen atoms in total. The Balaban J connectivity index is 1.69. The van der Waals surface area contributed by atoms with Crippen molar-refractivity contribution in [3.05, 3.63) is 87.6 Å². The molecular weight excluding hydrogens is 438 g/mol. The first-order chi connectivity index (χ1) is 15.4. The summed E-state index contributed by atoms with van der Waals surface area (Å²) in [5, 5.41) is 22.8. The van der Waals surface area contributed by atoms with Crippen molar-refractivity contribution in [2.75, 3.05) is 0 Å². The molecule has 0 fully saturated rings. The standard InChI is InChI=1S/C26H19NO3S2/c1-14-4-3-5-15(2)22(14)24(30)25-23(19-11-10-18(28)12-20(19)32-25)16-6-8-17(9-7-16)26-27-21(29)13-31-26/h3-13,28-29H,1-2H3. The van der Waals surface area contributed by atoms with Crippen LogP contribution in [0.2, 0.25) is 0 Å². The predicted molar refractivity (Wildman–Crippen MR) is 131 cm³/mol. The summed E-state index contributed by atoms with van der Waals surface area (Å²) in [6.45, 7) is 3.91. The van der Waals surface area contributed by atoms with Gasteiger partial charge in [-0.25, -0.2) is 4.98 Å². The zero-order chi connectivity index (χ0) is 22.4. The first kappa shape index (κ1) is 20.4. The van der Waals surface area contributed by atoms with E-state index in [1.54, 1.807) is 17.5 Å². The van der Waals surface area contributed by atoms with E-state index in [1.807, 2.05) is 62.4 Å². The third-order valence-electron chi connectivity index (χ3n) is 5.50. The molecule has 0 bridgehead atoms. The third kappa shape index (κ3) is 3.47. The number of ketones is 1. The van der Waals surface area contributed by atoms with Gasteiger partial charge in [0.25, 0.3) is 0 Å². The van der Waals surface area contributed by atoms with Gasteiger partial charge in [0.05, 0.1) is 10.3 Å². The van der Waals surface area contributed by atoms with E-state index in [9.17, 15) is 15.0 Å². The van der Waals surface area contributed by atoms with Crippen LogP contribution in [-0.4, -0.2) is 21.0 Å². The Morgan fingerprint density at radius 1 is 0.906 bits per heavy atom. The molecule has 158 valence electrons. The summed E-state index contributed by atoms with van der Waals surface area (Å²) < 4.78 is 0.864. The van der Waals surface area contributed by atoms with Crippen LogP contribution in [-0.2, 0) is 0 Å². The second-order valence-electron chi connectivity index (χ2n) is 7.67. The lowest BCUT2D eigenvalue weighted by atomic mass is 9.93. The Kier molecular flexibility index (Phi) is 5.04. The van der Waals surface area contributed by atoms with Crippen LogP contribution in [0.15, 0.2) is 66.0 Å². The molecule has 32 heavy (non-hydrogen) atoms. The highest BCUT2D eigenvalue weighted by Crippen LogP contribution is 2.42. The van der Waals surface area contributed by atoms with Gasteiger partial charge >= 0.3 is 0 Å². The van der Waals surface area contributed by atoms with Crippen molar-refractivity contribution in [2.24, 2.45) is 0 Å². The average molecular weight is 458 g/mol. The SMILES string of the molecule is Cc1cccc(C)c1C(=O)c1sc2cc(O)ccc2c1-c1ccc(-c2nc(O)cs2)cc1. The van der Waals surface area contributed by atoms with Gasteiger partial charge in [-0.05, 0) is 48.7 Å². The minimum Gasteiger partial charge on any atom is -0.508 e. The predicted octanol–water partition coefficient (Wildman–Crippen LogP) is 6.95. The summed E-state index contributed by atoms with van der Waals surface area (Å²) in [5.41, 5.74) is 5.30. The van der Waals surface area contributed by atoms with Gasteiger partial charge < -0.3 is 10.2 Å². The van der Waals surface area contributed by atoms with Crippen molar-refractivity contribution in [1.82, 2.24) is 4.98 Å². The van der Waals surface area contributed by atoms with Gasteiger partial charge in [0.1, 0.15) is 10.8 Å². The number of benzene rings is 3. The molecule has 5 aromatic rings. The lowest BCUT2D eigenvalue weighted by Crippen LogP contribution is -2.05. The van der Waals surface area contributed by atoms with Crippen LogP contribution in [0, 0.1) is 13.8 Å². The number of fused-ring (bicyclic) bond motifs is 1. The van der Waals surface area contributed by atoms with Gasteiger partial charge in [0.15, 0.2) is 0 Å². The topological polar surface area (TPSA) is 70.4 Å². The van der Waals surface area contributed by atoms with Crippen LogP contribution in [0.25, 0.3) is 31.8 Å². The van der Waals surface area contributed by atoms with Crippen molar-refractivity contribution in [1.29, 1.82) is 0 Å². The maximum atomic E-state index is 13.7. The molecular formula is C26H19NO3S2. The Hall–Kier alpha value is -3.48. The van der Waals surface area contributed by atoms with E-state index in [0.29, 0.717) is 4.88 Å². The number of phenolic OH excluding ortho intramolecular Hbond substituents is 1. The number of thiazole rings is 1. The van der Waals surface area contributed by atoms with E-state index in [2.05, 4.69) is 4.98 Å². The molecule has 2 aromatic heterocycles. The number of rotatable bonds is 4. The summed E-state index contributed by atoms with van der Waals surface area (Å²) in [4.78, 5) is 18.5. The number of hydrogen-bond acceptors (Lipinski definition) is 6. The van der Waals surface area contributed by atoms with E-state index in [0.717, 1.165) is 48.5 Å². The molecule has 0 spiro atoms. The molecule has 0 atom stereocenters. The zero-order valence-corrected chi connectivity index (χ0v) is 19.1. The first-order valence-electron chi connectivity index (χ1n) is 10.0. The minimum absolute atomic E-state index is 0.00906. The fourth-order valence-corrected chi connectivity index (χ4v) is 5.89. The largest absolute Gasteiger partial charge is 0.508 e. The molecule has 0 saturated heterocycles. The third-order valence-corrected chi connectivity index (χ3v) is 7.53. The number of thiophene rings is 1. The van der Waals surface area contributed by atoms with Gasteiger partial charge in [-0.2, -0.15) is 0 Å². The lowest BCUT2D eigenvalue weighted by Gasteiger charge is -2.10. The van der Waals surface area contributed by atoms with Crippen molar-refractivity contribution in [3.63, 3.8) is 0 Å². The highest BCUT2D eigenvalue weighted by atomic mass is 32.1. The molecule has 2 heterocycles. The minimum atomic E-state index is -0.00906. The van der Waals surface area contributed by atoms with Crippen molar-refractivity contribution < 1.29 is 15.0 Å². The number of phenols is 1. The molecule has 0 aliphatic carbocycles. The summed E-state index contributed by atoms with van der Waals surface area (Å²) in [5.74, 6) is 0.180. The number of hydrogen-bond donors (Lipinski definition) is 2. The second kappa shape index (κ2) is 7.89. The zero-order valence-electron chi connectivity index (χ0n) is 17.4. The lowest BCUT2D eigenvalue weighted by molar-refractivity contribution is 0.104. The Morgan fingerprint density at radius 2 is 1.59 bits per heavy atom. The normalized spacial score (nSPS) is 11.2.